The third kappa shape index (κ3) is 3.26. The Morgan fingerprint density at radius 3 is 2.68 bits per heavy atom. The van der Waals surface area contributed by atoms with Gasteiger partial charge in [0.1, 0.15) is 5.58 Å². The van der Waals surface area contributed by atoms with Crippen LogP contribution < -0.4 is 5.32 Å². The van der Waals surface area contributed by atoms with Crippen LogP contribution in [-0.4, -0.2) is 11.7 Å². The fourth-order valence-electron chi connectivity index (χ4n) is 2.47. The van der Waals surface area contributed by atoms with Crippen LogP contribution in [0.5, 0.6) is 0 Å². The Balaban J connectivity index is 1.43. The molecule has 1 aromatic carbocycles. The van der Waals surface area contributed by atoms with E-state index in [9.17, 15) is 9.59 Å². The molecule has 3 aromatic heterocycles. The largest absolute Gasteiger partial charge is 0.451 e. The molecular weight excluding hydrogens is 354 g/mol. The number of thiophene rings is 2. The van der Waals surface area contributed by atoms with E-state index in [1.807, 2.05) is 47.8 Å². The molecule has 0 aliphatic carbocycles. The van der Waals surface area contributed by atoms with Crippen LogP contribution in [0.15, 0.2) is 64.4 Å². The van der Waals surface area contributed by atoms with Crippen LogP contribution in [0.1, 0.15) is 30.0 Å². The van der Waals surface area contributed by atoms with Gasteiger partial charge in [-0.25, -0.2) is 0 Å². The van der Waals surface area contributed by atoms with Crippen LogP contribution in [0.2, 0.25) is 0 Å². The number of rotatable bonds is 5. The smallest absolute Gasteiger partial charge is 0.287 e. The molecule has 0 bridgehead atoms. The van der Waals surface area contributed by atoms with Crippen molar-refractivity contribution in [1.29, 1.82) is 0 Å². The van der Waals surface area contributed by atoms with Gasteiger partial charge in [-0.2, -0.15) is 0 Å². The molecular formula is C19H13NO3S2. The number of carbonyl (C=O) groups excluding carboxylic acids is 2. The van der Waals surface area contributed by atoms with Gasteiger partial charge in [0, 0.05) is 10.3 Å². The second-order valence-corrected chi connectivity index (χ2v) is 7.52. The molecule has 0 fully saturated rings. The fourth-order valence-corrected chi connectivity index (χ4v) is 4.12. The lowest BCUT2D eigenvalue weighted by molar-refractivity contribution is 0.0925. The summed E-state index contributed by atoms with van der Waals surface area (Å²) < 4.78 is 5.55. The average Bonchev–Trinajstić information content (AvgIpc) is 3.39. The Morgan fingerprint density at radius 1 is 1.00 bits per heavy atom. The first kappa shape index (κ1) is 15.8. The number of para-hydroxylation sites is 1. The van der Waals surface area contributed by atoms with E-state index >= 15 is 0 Å². The standard InChI is InChI=1S/C19H13NO3S2/c21-18(16-6-3-9-24-16)17-8-7-13(25-17)11-20-19(22)15-10-12-4-1-2-5-14(12)23-15/h1-10H,11H2,(H,20,22). The maximum Gasteiger partial charge on any atom is 0.287 e. The summed E-state index contributed by atoms with van der Waals surface area (Å²) >= 11 is 2.82. The summed E-state index contributed by atoms with van der Waals surface area (Å²) in [5.41, 5.74) is 0.688. The number of furan rings is 1. The van der Waals surface area contributed by atoms with Crippen molar-refractivity contribution in [3.05, 3.63) is 80.4 Å². The third-order valence-electron chi connectivity index (χ3n) is 3.70. The number of hydrogen-bond acceptors (Lipinski definition) is 5. The molecule has 0 saturated heterocycles. The van der Waals surface area contributed by atoms with Crippen LogP contribution in [0.4, 0.5) is 0 Å². The van der Waals surface area contributed by atoms with E-state index in [1.54, 1.807) is 12.1 Å². The van der Waals surface area contributed by atoms with Crippen molar-refractivity contribution < 1.29 is 14.0 Å². The average molecular weight is 367 g/mol. The monoisotopic (exact) mass is 367 g/mol. The van der Waals surface area contributed by atoms with Crippen LogP contribution >= 0.6 is 22.7 Å². The summed E-state index contributed by atoms with van der Waals surface area (Å²) in [5.74, 6) is 0.0400. The Morgan fingerprint density at radius 2 is 1.88 bits per heavy atom. The van der Waals surface area contributed by atoms with Crippen molar-refractivity contribution in [3.63, 3.8) is 0 Å². The second kappa shape index (κ2) is 6.66. The minimum absolute atomic E-state index is 0.0230. The molecule has 1 N–H and O–H groups in total. The van der Waals surface area contributed by atoms with Crippen molar-refractivity contribution in [3.8, 4) is 0 Å². The number of ketones is 1. The molecule has 0 aliphatic rings. The Bertz CT molecular complexity index is 1010. The van der Waals surface area contributed by atoms with Gasteiger partial charge in [-0.3, -0.25) is 9.59 Å². The number of carbonyl (C=O) groups is 2. The highest BCUT2D eigenvalue weighted by atomic mass is 32.1. The van der Waals surface area contributed by atoms with Crippen LogP contribution in [-0.2, 0) is 6.54 Å². The summed E-state index contributed by atoms with van der Waals surface area (Å²) in [7, 11) is 0. The molecule has 0 radical (unpaired) electrons. The third-order valence-corrected chi connectivity index (χ3v) is 5.66. The van der Waals surface area contributed by atoms with E-state index in [2.05, 4.69) is 5.32 Å². The Labute approximate surface area is 151 Å². The van der Waals surface area contributed by atoms with Crippen molar-refractivity contribution in [2.45, 2.75) is 6.54 Å². The predicted molar refractivity (Wildman–Crippen MR) is 99.5 cm³/mol. The van der Waals surface area contributed by atoms with Crippen molar-refractivity contribution in [2.24, 2.45) is 0 Å². The zero-order valence-corrected chi connectivity index (χ0v) is 14.7. The first-order valence-electron chi connectivity index (χ1n) is 7.64. The Hall–Kier alpha value is -2.70. The molecule has 6 heteroatoms. The number of amides is 1. The number of hydrogen-bond donors (Lipinski definition) is 1. The Kier molecular flexibility index (Phi) is 4.21. The van der Waals surface area contributed by atoms with Gasteiger partial charge >= 0.3 is 0 Å². The van der Waals surface area contributed by atoms with Crippen LogP contribution in [0.25, 0.3) is 11.0 Å². The zero-order valence-electron chi connectivity index (χ0n) is 13.0. The van der Waals surface area contributed by atoms with Gasteiger partial charge < -0.3 is 9.73 Å². The molecule has 0 saturated carbocycles. The number of benzene rings is 1. The minimum atomic E-state index is -0.268. The van der Waals surface area contributed by atoms with E-state index < -0.39 is 0 Å². The molecule has 4 aromatic rings. The minimum Gasteiger partial charge on any atom is -0.451 e. The number of fused-ring (bicyclic) bond motifs is 1. The van der Waals surface area contributed by atoms with E-state index in [1.165, 1.54) is 22.7 Å². The molecule has 4 rings (SSSR count). The predicted octanol–water partition coefficient (Wildman–Crippen LogP) is 4.72. The van der Waals surface area contributed by atoms with Gasteiger partial charge in [0.2, 0.25) is 5.78 Å². The lowest BCUT2D eigenvalue weighted by Gasteiger charge is -2.00. The highest BCUT2D eigenvalue weighted by Gasteiger charge is 2.15. The quantitative estimate of drug-likeness (QED) is 0.519. The summed E-state index contributed by atoms with van der Waals surface area (Å²) in [5, 5.41) is 5.61. The zero-order chi connectivity index (χ0) is 17.2. The van der Waals surface area contributed by atoms with Gasteiger partial charge in [-0.05, 0) is 35.7 Å². The molecule has 1 amide bonds. The van der Waals surface area contributed by atoms with Gasteiger partial charge in [0.25, 0.3) is 5.91 Å². The van der Waals surface area contributed by atoms with Crippen molar-refractivity contribution in [2.75, 3.05) is 0 Å². The lowest BCUT2D eigenvalue weighted by Crippen LogP contribution is -2.21. The fraction of sp³-hybridized carbons (Fsp3) is 0.0526. The molecule has 124 valence electrons. The SMILES string of the molecule is O=C(NCc1ccc(C(=O)c2cccs2)s1)c1cc2ccccc2o1. The van der Waals surface area contributed by atoms with Gasteiger partial charge in [-0.15, -0.1) is 22.7 Å². The van der Waals surface area contributed by atoms with Gasteiger partial charge in [0.05, 0.1) is 16.3 Å². The number of nitrogens with one attached hydrogen (secondary N) is 1. The summed E-state index contributed by atoms with van der Waals surface area (Å²) in [6, 6.07) is 16.6. The second-order valence-electron chi connectivity index (χ2n) is 5.40. The van der Waals surface area contributed by atoms with E-state index in [0.29, 0.717) is 17.0 Å². The summed E-state index contributed by atoms with van der Waals surface area (Å²) in [6.07, 6.45) is 0. The van der Waals surface area contributed by atoms with Crippen molar-refractivity contribution in [1.82, 2.24) is 5.32 Å². The first-order valence-corrected chi connectivity index (χ1v) is 9.34. The topological polar surface area (TPSA) is 59.3 Å². The van der Waals surface area contributed by atoms with Crippen LogP contribution in [0.3, 0.4) is 0 Å². The van der Waals surface area contributed by atoms with E-state index in [-0.39, 0.29) is 17.5 Å². The first-order chi connectivity index (χ1) is 12.2. The maximum absolute atomic E-state index is 12.3. The van der Waals surface area contributed by atoms with Crippen LogP contribution in [0, 0.1) is 0 Å². The van der Waals surface area contributed by atoms with Gasteiger partial charge in [0.15, 0.2) is 5.76 Å². The van der Waals surface area contributed by atoms with E-state index in [4.69, 9.17) is 4.42 Å². The lowest BCUT2D eigenvalue weighted by atomic mass is 10.2. The van der Waals surface area contributed by atoms with Gasteiger partial charge in [-0.1, -0.05) is 24.3 Å². The molecule has 25 heavy (non-hydrogen) atoms. The highest BCUT2D eigenvalue weighted by Crippen LogP contribution is 2.23. The summed E-state index contributed by atoms with van der Waals surface area (Å²) in [4.78, 5) is 26.9. The molecule has 0 atom stereocenters. The van der Waals surface area contributed by atoms with E-state index in [0.717, 1.165) is 15.1 Å². The summed E-state index contributed by atoms with van der Waals surface area (Å²) in [6.45, 7) is 0.359. The normalized spacial score (nSPS) is 10.9. The maximum atomic E-state index is 12.3. The highest BCUT2D eigenvalue weighted by molar-refractivity contribution is 7.16. The molecule has 4 nitrogen and oxygen atoms in total. The molecule has 0 unspecified atom stereocenters. The molecule has 0 spiro atoms. The van der Waals surface area contributed by atoms with Crippen molar-refractivity contribution >= 4 is 45.3 Å². The molecule has 3 heterocycles. The molecule has 0 aliphatic heterocycles.